The molecule has 0 aliphatic heterocycles. The zero-order valence-corrected chi connectivity index (χ0v) is 10.5. The van der Waals surface area contributed by atoms with Gasteiger partial charge in [0.1, 0.15) is 0 Å². The Kier molecular flexibility index (Phi) is 7.07. The molecule has 0 aliphatic rings. The predicted octanol–water partition coefficient (Wildman–Crippen LogP) is 1.73. The zero-order chi connectivity index (χ0) is 12.3. The Morgan fingerprint density at radius 3 is 2.59 bits per heavy atom. The highest BCUT2D eigenvalue weighted by molar-refractivity contribution is 5.77. The van der Waals surface area contributed by atoms with Crippen molar-refractivity contribution in [1.82, 2.24) is 10.6 Å². The number of aryl methyl sites for hydroxylation is 1. The third-order valence-corrected chi connectivity index (χ3v) is 2.64. The van der Waals surface area contributed by atoms with Crippen molar-refractivity contribution in [2.24, 2.45) is 0 Å². The van der Waals surface area contributed by atoms with Crippen molar-refractivity contribution in [3.63, 3.8) is 0 Å². The summed E-state index contributed by atoms with van der Waals surface area (Å²) in [6.45, 7) is 1.19. The molecule has 0 radical (unpaired) electrons. The van der Waals surface area contributed by atoms with Crippen LogP contribution in [-0.4, -0.2) is 26.0 Å². The lowest BCUT2D eigenvalue weighted by Gasteiger charge is -2.04. The highest BCUT2D eigenvalue weighted by Crippen LogP contribution is 2.05. The van der Waals surface area contributed by atoms with Crippen molar-refractivity contribution < 1.29 is 4.79 Å². The molecular formula is C14H22N2O. The van der Waals surface area contributed by atoms with E-state index in [9.17, 15) is 4.79 Å². The SMILES string of the molecule is CNCC(=O)NCCCCCc1ccccc1. The van der Waals surface area contributed by atoms with Crippen molar-refractivity contribution in [2.75, 3.05) is 20.1 Å². The van der Waals surface area contributed by atoms with E-state index < -0.39 is 0 Å². The van der Waals surface area contributed by atoms with Crippen LogP contribution in [0.25, 0.3) is 0 Å². The Hall–Kier alpha value is -1.35. The largest absolute Gasteiger partial charge is 0.355 e. The number of carbonyl (C=O) groups is 1. The van der Waals surface area contributed by atoms with E-state index in [1.165, 1.54) is 12.0 Å². The molecule has 0 aromatic heterocycles. The van der Waals surface area contributed by atoms with Gasteiger partial charge in [-0.3, -0.25) is 4.79 Å². The number of nitrogens with one attached hydrogen (secondary N) is 2. The molecule has 0 fully saturated rings. The van der Waals surface area contributed by atoms with E-state index in [4.69, 9.17) is 0 Å². The van der Waals surface area contributed by atoms with E-state index in [2.05, 4.69) is 34.9 Å². The molecule has 0 aliphatic carbocycles. The molecule has 2 N–H and O–H groups in total. The Balaban J connectivity index is 1.96. The van der Waals surface area contributed by atoms with E-state index in [-0.39, 0.29) is 5.91 Å². The summed E-state index contributed by atoms with van der Waals surface area (Å²) < 4.78 is 0. The monoisotopic (exact) mass is 234 g/mol. The van der Waals surface area contributed by atoms with Gasteiger partial charge in [0.05, 0.1) is 6.54 Å². The second-order valence-electron chi connectivity index (χ2n) is 4.18. The van der Waals surface area contributed by atoms with Crippen molar-refractivity contribution in [1.29, 1.82) is 0 Å². The second-order valence-corrected chi connectivity index (χ2v) is 4.18. The minimum Gasteiger partial charge on any atom is -0.355 e. The molecular weight excluding hydrogens is 212 g/mol. The molecule has 0 atom stereocenters. The number of carbonyl (C=O) groups excluding carboxylic acids is 1. The number of likely N-dealkylation sites (N-methyl/N-ethyl adjacent to an activating group) is 1. The van der Waals surface area contributed by atoms with Gasteiger partial charge in [0.25, 0.3) is 0 Å². The first kappa shape index (κ1) is 13.7. The lowest BCUT2D eigenvalue weighted by Crippen LogP contribution is -2.32. The minimum atomic E-state index is 0.0792. The average molecular weight is 234 g/mol. The van der Waals surface area contributed by atoms with Crippen LogP contribution in [0.15, 0.2) is 30.3 Å². The fourth-order valence-corrected chi connectivity index (χ4v) is 1.73. The maximum atomic E-state index is 11.1. The number of hydrogen-bond donors (Lipinski definition) is 2. The maximum absolute atomic E-state index is 11.1. The summed E-state index contributed by atoms with van der Waals surface area (Å²) in [6.07, 6.45) is 4.54. The first-order valence-corrected chi connectivity index (χ1v) is 6.28. The van der Waals surface area contributed by atoms with Crippen LogP contribution >= 0.6 is 0 Å². The molecule has 3 nitrogen and oxygen atoms in total. The summed E-state index contributed by atoms with van der Waals surface area (Å²) in [7, 11) is 1.78. The number of hydrogen-bond acceptors (Lipinski definition) is 2. The molecule has 0 unspecified atom stereocenters. The smallest absolute Gasteiger partial charge is 0.233 e. The molecule has 1 rings (SSSR count). The first-order chi connectivity index (χ1) is 8.33. The Morgan fingerprint density at radius 2 is 1.88 bits per heavy atom. The number of benzene rings is 1. The van der Waals surface area contributed by atoms with Crippen LogP contribution in [0.3, 0.4) is 0 Å². The maximum Gasteiger partial charge on any atom is 0.233 e. The fraction of sp³-hybridized carbons (Fsp3) is 0.500. The molecule has 17 heavy (non-hydrogen) atoms. The number of rotatable bonds is 8. The van der Waals surface area contributed by atoms with Crippen LogP contribution in [0.2, 0.25) is 0 Å². The zero-order valence-electron chi connectivity index (χ0n) is 10.5. The third-order valence-electron chi connectivity index (χ3n) is 2.64. The molecule has 0 saturated carbocycles. The standard InChI is InChI=1S/C14H22N2O/c1-15-12-14(17)16-11-7-3-6-10-13-8-4-2-5-9-13/h2,4-5,8-9,15H,3,6-7,10-12H2,1H3,(H,16,17). The van der Waals surface area contributed by atoms with Crippen molar-refractivity contribution in [3.05, 3.63) is 35.9 Å². The van der Waals surface area contributed by atoms with E-state index >= 15 is 0 Å². The van der Waals surface area contributed by atoms with Crippen LogP contribution in [-0.2, 0) is 11.2 Å². The Bertz CT molecular complexity index is 311. The average Bonchev–Trinajstić information content (AvgIpc) is 2.35. The summed E-state index contributed by atoms with van der Waals surface area (Å²) in [5, 5.41) is 5.71. The normalized spacial score (nSPS) is 10.2. The first-order valence-electron chi connectivity index (χ1n) is 6.28. The van der Waals surface area contributed by atoms with Gasteiger partial charge in [-0.05, 0) is 31.9 Å². The van der Waals surface area contributed by atoms with Gasteiger partial charge in [0.2, 0.25) is 5.91 Å². The molecule has 3 heteroatoms. The van der Waals surface area contributed by atoms with Crippen LogP contribution in [0.5, 0.6) is 0 Å². The van der Waals surface area contributed by atoms with Crippen LogP contribution in [0, 0.1) is 0 Å². The predicted molar refractivity (Wildman–Crippen MR) is 70.9 cm³/mol. The van der Waals surface area contributed by atoms with Gasteiger partial charge in [0, 0.05) is 6.54 Å². The van der Waals surface area contributed by atoms with E-state index in [0.29, 0.717) is 6.54 Å². The van der Waals surface area contributed by atoms with Gasteiger partial charge in [-0.2, -0.15) is 0 Å². The minimum absolute atomic E-state index is 0.0792. The van der Waals surface area contributed by atoms with Crippen LogP contribution in [0.4, 0.5) is 0 Å². The van der Waals surface area contributed by atoms with E-state index in [1.54, 1.807) is 7.05 Å². The lowest BCUT2D eigenvalue weighted by atomic mass is 10.1. The molecule has 1 amide bonds. The van der Waals surface area contributed by atoms with Crippen LogP contribution < -0.4 is 10.6 Å². The molecule has 1 aromatic rings. The van der Waals surface area contributed by atoms with Gasteiger partial charge in [-0.25, -0.2) is 0 Å². The van der Waals surface area contributed by atoms with Crippen molar-refractivity contribution in [3.8, 4) is 0 Å². The van der Waals surface area contributed by atoms with Crippen molar-refractivity contribution in [2.45, 2.75) is 25.7 Å². The summed E-state index contributed by atoms with van der Waals surface area (Å²) in [6, 6.07) is 10.5. The topological polar surface area (TPSA) is 41.1 Å². The highest BCUT2D eigenvalue weighted by atomic mass is 16.1. The van der Waals surface area contributed by atoms with E-state index in [1.807, 2.05) is 6.07 Å². The summed E-state index contributed by atoms with van der Waals surface area (Å²) >= 11 is 0. The Labute approximate surface area is 104 Å². The van der Waals surface area contributed by atoms with Gasteiger partial charge in [-0.1, -0.05) is 36.8 Å². The molecule has 0 spiro atoms. The third kappa shape index (κ3) is 6.74. The van der Waals surface area contributed by atoms with Gasteiger partial charge < -0.3 is 10.6 Å². The number of unbranched alkanes of at least 4 members (excludes halogenated alkanes) is 2. The fourth-order valence-electron chi connectivity index (χ4n) is 1.73. The molecule has 94 valence electrons. The van der Waals surface area contributed by atoms with E-state index in [0.717, 1.165) is 25.8 Å². The summed E-state index contributed by atoms with van der Waals surface area (Å²) in [5.41, 5.74) is 1.40. The Morgan fingerprint density at radius 1 is 1.12 bits per heavy atom. The van der Waals surface area contributed by atoms with Gasteiger partial charge in [-0.15, -0.1) is 0 Å². The van der Waals surface area contributed by atoms with Crippen molar-refractivity contribution >= 4 is 5.91 Å². The number of amides is 1. The summed E-state index contributed by atoms with van der Waals surface area (Å²) in [5.74, 6) is 0.0792. The second kappa shape index (κ2) is 8.76. The quantitative estimate of drug-likeness (QED) is 0.673. The molecule has 0 saturated heterocycles. The lowest BCUT2D eigenvalue weighted by molar-refractivity contribution is -0.120. The van der Waals surface area contributed by atoms with Crippen LogP contribution in [0.1, 0.15) is 24.8 Å². The molecule has 0 bridgehead atoms. The van der Waals surface area contributed by atoms with Gasteiger partial charge in [0.15, 0.2) is 0 Å². The van der Waals surface area contributed by atoms with Gasteiger partial charge >= 0.3 is 0 Å². The summed E-state index contributed by atoms with van der Waals surface area (Å²) in [4.78, 5) is 11.1. The molecule has 0 heterocycles. The molecule has 1 aromatic carbocycles. The highest BCUT2D eigenvalue weighted by Gasteiger charge is 1.97.